The second-order valence-corrected chi connectivity index (χ2v) is 6.67. The lowest BCUT2D eigenvalue weighted by Gasteiger charge is -2.28. The summed E-state index contributed by atoms with van der Waals surface area (Å²) in [5.74, 6) is 0.445. The van der Waals surface area contributed by atoms with Gasteiger partial charge in [0.05, 0.1) is 6.10 Å². The second-order valence-electron chi connectivity index (χ2n) is 6.67. The van der Waals surface area contributed by atoms with E-state index in [1.54, 1.807) is 0 Å². The first kappa shape index (κ1) is 15.4. The standard InChI is InChI=1S/C14H28N2O2/c1-14(2,3)12(15)8-13(18)16-9-10-5-4-6-11(17)7-10/h10-12,17H,4-9,15H2,1-3H3,(H,16,18). The van der Waals surface area contributed by atoms with Gasteiger partial charge >= 0.3 is 0 Å². The molecule has 3 unspecified atom stereocenters. The number of hydrogen-bond donors (Lipinski definition) is 3. The smallest absolute Gasteiger partial charge is 0.221 e. The first-order valence-electron chi connectivity index (χ1n) is 6.99. The van der Waals surface area contributed by atoms with Crippen molar-refractivity contribution in [2.45, 2.75) is 65.0 Å². The monoisotopic (exact) mass is 256 g/mol. The number of aliphatic hydroxyl groups is 1. The zero-order chi connectivity index (χ0) is 13.8. The molecule has 1 rings (SSSR count). The lowest BCUT2D eigenvalue weighted by molar-refractivity contribution is -0.122. The molecule has 0 aromatic carbocycles. The predicted molar refractivity (Wildman–Crippen MR) is 73.0 cm³/mol. The average Bonchev–Trinajstić information content (AvgIpc) is 2.25. The average molecular weight is 256 g/mol. The van der Waals surface area contributed by atoms with Crippen molar-refractivity contribution in [3.8, 4) is 0 Å². The van der Waals surface area contributed by atoms with Crippen LogP contribution in [0.5, 0.6) is 0 Å². The van der Waals surface area contributed by atoms with Crippen molar-refractivity contribution < 1.29 is 9.90 Å². The van der Waals surface area contributed by atoms with Crippen molar-refractivity contribution in [1.82, 2.24) is 5.32 Å². The molecule has 0 bridgehead atoms. The Morgan fingerprint density at radius 1 is 1.44 bits per heavy atom. The van der Waals surface area contributed by atoms with Gasteiger partial charge in [-0.1, -0.05) is 27.2 Å². The van der Waals surface area contributed by atoms with E-state index in [0.717, 1.165) is 25.7 Å². The maximum Gasteiger partial charge on any atom is 0.221 e. The zero-order valence-electron chi connectivity index (χ0n) is 11.9. The molecule has 0 radical (unpaired) electrons. The molecule has 4 N–H and O–H groups in total. The van der Waals surface area contributed by atoms with Crippen LogP contribution in [0, 0.1) is 11.3 Å². The summed E-state index contributed by atoms with van der Waals surface area (Å²) in [5.41, 5.74) is 5.94. The fraction of sp³-hybridized carbons (Fsp3) is 0.929. The molecule has 0 saturated heterocycles. The van der Waals surface area contributed by atoms with Crippen LogP contribution < -0.4 is 11.1 Å². The molecular weight excluding hydrogens is 228 g/mol. The van der Waals surface area contributed by atoms with Crippen molar-refractivity contribution in [1.29, 1.82) is 0 Å². The third kappa shape index (κ3) is 5.36. The van der Waals surface area contributed by atoms with Crippen LogP contribution in [0.15, 0.2) is 0 Å². The SMILES string of the molecule is CC(C)(C)C(N)CC(=O)NCC1CCCC(O)C1. The third-order valence-corrected chi connectivity index (χ3v) is 3.86. The molecule has 1 amide bonds. The summed E-state index contributed by atoms with van der Waals surface area (Å²) in [6, 6.07) is -0.116. The summed E-state index contributed by atoms with van der Waals surface area (Å²) >= 11 is 0. The van der Waals surface area contributed by atoms with Crippen LogP contribution >= 0.6 is 0 Å². The number of aliphatic hydroxyl groups excluding tert-OH is 1. The van der Waals surface area contributed by atoms with Crippen LogP contribution in [0.2, 0.25) is 0 Å². The minimum atomic E-state index is -0.183. The molecule has 106 valence electrons. The van der Waals surface area contributed by atoms with Gasteiger partial charge in [-0.3, -0.25) is 4.79 Å². The number of nitrogens with one attached hydrogen (secondary N) is 1. The minimum Gasteiger partial charge on any atom is -0.393 e. The Balaban J connectivity index is 2.24. The van der Waals surface area contributed by atoms with E-state index in [1.807, 2.05) is 20.8 Å². The van der Waals surface area contributed by atoms with Crippen LogP contribution in [0.4, 0.5) is 0 Å². The van der Waals surface area contributed by atoms with E-state index in [2.05, 4.69) is 5.32 Å². The second kappa shape index (κ2) is 6.53. The first-order valence-corrected chi connectivity index (χ1v) is 6.99. The highest BCUT2D eigenvalue weighted by molar-refractivity contribution is 5.76. The van der Waals surface area contributed by atoms with Gasteiger partial charge in [0.25, 0.3) is 0 Å². The fourth-order valence-corrected chi connectivity index (χ4v) is 2.28. The summed E-state index contributed by atoms with van der Waals surface area (Å²) in [6.07, 6.45) is 4.06. The topological polar surface area (TPSA) is 75.4 Å². The first-order chi connectivity index (χ1) is 8.29. The van der Waals surface area contributed by atoms with Gasteiger partial charge in [0.15, 0.2) is 0 Å². The van der Waals surface area contributed by atoms with Gasteiger partial charge in [-0.25, -0.2) is 0 Å². The van der Waals surface area contributed by atoms with Crippen molar-refractivity contribution in [2.75, 3.05) is 6.54 Å². The summed E-state index contributed by atoms with van der Waals surface area (Å²) in [7, 11) is 0. The predicted octanol–water partition coefficient (Wildman–Crippen LogP) is 1.42. The highest BCUT2D eigenvalue weighted by Gasteiger charge is 2.24. The Bertz CT molecular complexity index is 273. The van der Waals surface area contributed by atoms with Gasteiger partial charge in [0, 0.05) is 19.0 Å². The molecule has 1 saturated carbocycles. The van der Waals surface area contributed by atoms with E-state index in [-0.39, 0.29) is 23.5 Å². The lowest BCUT2D eigenvalue weighted by Crippen LogP contribution is -2.41. The Morgan fingerprint density at radius 3 is 2.67 bits per heavy atom. The minimum absolute atomic E-state index is 0.0255. The Kier molecular flexibility index (Phi) is 5.60. The number of nitrogens with two attached hydrogens (primary N) is 1. The van der Waals surface area contributed by atoms with Gasteiger partial charge in [0.1, 0.15) is 0 Å². The molecule has 1 aliphatic carbocycles. The molecule has 0 spiro atoms. The number of carbonyl (C=O) groups is 1. The fourth-order valence-electron chi connectivity index (χ4n) is 2.28. The Hall–Kier alpha value is -0.610. The van der Waals surface area contributed by atoms with Gasteiger partial charge in [-0.2, -0.15) is 0 Å². The van der Waals surface area contributed by atoms with Gasteiger partial charge in [-0.15, -0.1) is 0 Å². The van der Waals surface area contributed by atoms with Crippen LogP contribution in [0.25, 0.3) is 0 Å². The van der Waals surface area contributed by atoms with Crippen LogP contribution in [0.1, 0.15) is 52.9 Å². The zero-order valence-corrected chi connectivity index (χ0v) is 11.9. The van der Waals surface area contributed by atoms with E-state index in [4.69, 9.17) is 5.73 Å². The quantitative estimate of drug-likeness (QED) is 0.712. The summed E-state index contributed by atoms with van der Waals surface area (Å²) < 4.78 is 0. The molecule has 1 aliphatic rings. The molecule has 1 fully saturated rings. The number of amides is 1. The van der Waals surface area contributed by atoms with E-state index < -0.39 is 0 Å². The van der Waals surface area contributed by atoms with Crippen molar-refractivity contribution in [3.05, 3.63) is 0 Å². The number of carbonyl (C=O) groups excluding carboxylic acids is 1. The number of rotatable bonds is 4. The van der Waals surface area contributed by atoms with Crippen molar-refractivity contribution >= 4 is 5.91 Å². The molecule has 4 nitrogen and oxygen atoms in total. The molecule has 0 aliphatic heterocycles. The molecule has 0 aromatic heterocycles. The number of hydrogen-bond acceptors (Lipinski definition) is 3. The molecule has 0 heterocycles. The Morgan fingerprint density at radius 2 is 2.11 bits per heavy atom. The van der Waals surface area contributed by atoms with Crippen LogP contribution in [-0.2, 0) is 4.79 Å². The summed E-state index contributed by atoms with van der Waals surface area (Å²) in [5, 5.41) is 12.5. The molecule has 18 heavy (non-hydrogen) atoms. The largest absolute Gasteiger partial charge is 0.393 e. The lowest BCUT2D eigenvalue weighted by atomic mass is 9.85. The molecule has 3 atom stereocenters. The van der Waals surface area contributed by atoms with E-state index in [0.29, 0.717) is 18.9 Å². The van der Waals surface area contributed by atoms with Crippen molar-refractivity contribution in [2.24, 2.45) is 17.1 Å². The van der Waals surface area contributed by atoms with E-state index in [9.17, 15) is 9.90 Å². The van der Waals surface area contributed by atoms with E-state index >= 15 is 0 Å². The third-order valence-electron chi connectivity index (χ3n) is 3.86. The molecule has 4 heteroatoms. The Labute approximate surface area is 110 Å². The van der Waals surface area contributed by atoms with Crippen molar-refractivity contribution in [3.63, 3.8) is 0 Å². The van der Waals surface area contributed by atoms with Gasteiger partial charge in [0.2, 0.25) is 5.91 Å². The highest BCUT2D eigenvalue weighted by Crippen LogP contribution is 2.23. The van der Waals surface area contributed by atoms with Gasteiger partial charge < -0.3 is 16.2 Å². The van der Waals surface area contributed by atoms with Gasteiger partial charge in [-0.05, 0) is 30.6 Å². The van der Waals surface area contributed by atoms with Crippen LogP contribution in [0.3, 0.4) is 0 Å². The normalized spacial score (nSPS) is 26.7. The summed E-state index contributed by atoms with van der Waals surface area (Å²) in [4.78, 5) is 11.8. The molecular formula is C14H28N2O2. The maximum absolute atomic E-state index is 11.8. The summed E-state index contributed by atoms with van der Waals surface area (Å²) in [6.45, 7) is 6.81. The molecule has 0 aromatic rings. The highest BCUT2D eigenvalue weighted by atomic mass is 16.3. The van der Waals surface area contributed by atoms with Crippen LogP contribution in [-0.4, -0.2) is 29.7 Å². The van der Waals surface area contributed by atoms with E-state index in [1.165, 1.54) is 0 Å². The maximum atomic E-state index is 11.8.